The molecule has 4 aromatic rings. The number of hydrogen-bond donors (Lipinski definition) is 2. The Morgan fingerprint density at radius 3 is 2.43 bits per heavy atom. The van der Waals surface area contributed by atoms with E-state index >= 15 is 0 Å². The largest absolute Gasteiger partial charge is 0.459 e. The Kier molecular flexibility index (Phi) is 5.11. The first-order chi connectivity index (χ1) is 14.5. The van der Waals surface area contributed by atoms with Crippen molar-refractivity contribution < 1.29 is 14.0 Å². The van der Waals surface area contributed by atoms with Gasteiger partial charge < -0.3 is 15.1 Å². The van der Waals surface area contributed by atoms with Gasteiger partial charge >= 0.3 is 0 Å². The van der Waals surface area contributed by atoms with Crippen LogP contribution in [0.25, 0.3) is 5.69 Å². The Hall–Kier alpha value is -3.85. The second-order valence-electron chi connectivity index (χ2n) is 6.49. The lowest BCUT2D eigenvalue weighted by atomic mass is 10.3. The molecule has 9 heteroatoms. The Balaban J connectivity index is 1.55. The van der Waals surface area contributed by atoms with Gasteiger partial charge in [-0.1, -0.05) is 18.2 Å². The van der Waals surface area contributed by atoms with Crippen molar-refractivity contribution in [2.45, 2.75) is 6.92 Å². The molecule has 3 heterocycles. The molecule has 30 heavy (non-hydrogen) atoms. The second-order valence-corrected chi connectivity index (χ2v) is 7.57. The van der Waals surface area contributed by atoms with E-state index in [-0.39, 0.29) is 17.0 Å². The van der Waals surface area contributed by atoms with Gasteiger partial charge in [0.25, 0.3) is 17.4 Å². The van der Waals surface area contributed by atoms with Crippen LogP contribution in [0.15, 0.2) is 70.1 Å². The standard InChI is InChI=1S/C21H18N4O4S/c1-13-18(21(28)25(24(13)2)14-7-4-3-5-8-14)23-20(27)16-10-11-17(30-16)22-19(26)15-9-6-12-29-15/h3-12H,1-2H3,(H,22,26)(H,23,27). The molecule has 0 saturated carbocycles. The van der Waals surface area contributed by atoms with Gasteiger partial charge in [0.1, 0.15) is 5.69 Å². The summed E-state index contributed by atoms with van der Waals surface area (Å²) in [5.41, 5.74) is 1.21. The topological polar surface area (TPSA) is 98.3 Å². The van der Waals surface area contributed by atoms with Crippen LogP contribution in [0.5, 0.6) is 0 Å². The van der Waals surface area contributed by atoms with Gasteiger partial charge in [-0.2, -0.15) is 0 Å². The van der Waals surface area contributed by atoms with Crippen LogP contribution >= 0.6 is 11.3 Å². The number of amides is 2. The first kappa shape index (κ1) is 19.5. The fourth-order valence-corrected chi connectivity index (χ4v) is 3.79. The minimum atomic E-state index is -0.426. The van der Waals surface area contributed by atoms with Crippen LogP contribution in [-0.2, 0) is 7.05 Å². The van der Waals surface area contributed by atoms with E-state index in [9.17, 15) is 14.4 Å². The number of thiophene rings is 1. The van der Waals surface area contributed by atoms with Gasteiger partial charge in [-0.15, -0.1) is 11.3 Å². The maximum Gasteiger partial charge on any atom is 0.295 e. The molecule has 0 aliphatic carbocycles. The molecule has 4 rings (SSSR count). The lowest BCUT2D eigenvalue weighted by molar-refractivity contribution is 0.0995. The third kappa shape index (κ3) is 3.58. The SMILES string of the molecule is Cc1c(NC(=O)c2ccc(NC(=O)c3ccco3)s2)c(=O)n(-c2ccccc2)n1C. The van der Waals surface area contributed by atoms with E-state index < -0.39 is 11.8 Å². The van der Waals surface area contributed by atoms with Crippen molar-refractivity contribution in [1.82, 2.24) is 9.36 Å². The summed E-state index contributed by atoms with van der Waals surface area (Å²) in [5, 5.41) is 5.88. The van der Waals surface area contributed by atoms with Crippen LogP contribution in [0.4, 0.5) is 10.7 Å². The molecule has 2 amide bonds. The normalized spacial score (nSPS) is 10.7. The molecular formula is C21H18N4O4S. The zero-order valence-corrected chi connectivity index (χ0v) is 17.0. The third-order valence-electron chi connectivity index (χ3n) is 4.60. The number of para-hydroxylation sites is 1. The molecule has 8 nitrogen and oxygen atoms in total. The van der Waals surface area contributed by atoms with Gasteiger partial charge in [-0.25, -0.2) is 4.68 Å². The molecule has 0 saturated heterocycles. The van der Waals surface area contributed by atoms with E-state index in [0.717, 1.165) is 11.3 Å². The Morgan fingerprint density at radius 1 is 0.967 bits per heavy atom. The van der Waals surface area contributed by atoms with Crippen molar-refractivity contribution in [3.05, 3.63) is 87.5 Å². The Bertz CT molecular complexity index is 1270. The number of rotatable bonds is 5. The van der Waals surface area contributed by atoms with Crippen LogP contribution in [0.1, 0.15) is 25.9 Å². The first-order valence-corrected chi connectivity index (χ1v) is 9.87. The van der Waals surface area contributed by atoms with Crippen molar-refractivity contribution in [3.63, 3.8) is 0 Å². The summed E-state index contributed by atoms with van der Waals surface area (Å²) in [6.07, 6.45) is 1.41. The smallest absolute Gasteiger partial charge is 0.295 e. The number of hydrogen-bond acceptors (Lipinski definition) is 5. The van der Waals surface area contributed by atoms with E-state index in [4.69, 9.17) is 4.42 Å². The number of benzene rings is 1. The maximum absolute atomic E-state index is 12.9. The molecule has 0 spiro atoms. The fraction of sp³-hybridized carbons (Fsp3) is 0.0952. The van der Waals surface area contributed by atoms with E-state index in [1.807, 2.05) is 30.3 Å². The highest BCUT2D eigenvalue weighted by atomic mass is 32.1. The Labute approximate surface area is 175 Å². The molecule has 0 radical (unpaired) electrons. The molecule has 0 unspecified atom stereocenters. The van der Waals surface area contributed by atoms with Crippen LogP contribution in [0.3, 0.4) is 0 Å². The summed E-state index contributed by atoms with van der Waals surface area (Å²) in [4.78, 5) is 38.1. The average molecular weight is 422 g/mol. The summed E-state index contributed by atoms with van der Waals surface area (Å²) in [5.74, 6) is -0.654. The number of furan rings is 1. The van der Waals surface area contributed by atoms with Crippen LogP contribution in [-0.4, -0.2) is 21.2 Å². The van der Waals surface area contributed by atoms with Gasteiger partial charge in [0.15, 0.2) is 5.76 Å². The predicted octanol–water partition coefficient (Wildman–Crippen LogP) is 3.64. The molecule has 3 aromatic heterocycles. The molecule has 0 aliphatic heterocycles. The zero-order valence-electron chi connectivity index (χ0n) is 16.2. The highest BCUT2D eigenvalue weighted by molar-refractivity contribution is 7.18. The van der Waals surface area contributed by atoms with Crippen molar-refractivity contribution in [3.8, 4) is 5.69 Å². The summed E-state index contributed by atoms with van der Waals surface area (Å²) >= 11 is 1.10. The predicted molar refractivity (Wildman–Crippen MR) is 115 cm³/mol. The van der Waals surface area contributed by atoms with Crippen molar-refractivity contribution >= 4 is 33.8 Å². The Morgan fingerprint density at radius 2 is 1.73 bits per heavy atom. The van der Waals surface area contributed by atoms with Gasteiger partial charge in [0, 0.05) is 7.05 Å². The fourth-order valence-electron chi connectivity index (χ4n) is 3.00. The quantitative estimate of drug-likeness (QED) is 0.513. The van der Waals surface area contributed by atoms with Crippen molar-refractivity contribution in [2.75, 3.05) is 10.6 Å². The number of anilines is 2. The van der Waals surface area contributed by atoms with E-state index in [0.29, 0.717) is 21.3 Å². The molecule has 0 bridgehead atoms. The van der Waals surface area contributed by atoms with Crippen LogP contribution < -0.4 is 16.2 Å². The van der Waals surface area contributed by atoms with Gasteiger partial charge in [-0.3, -0.25) is 19.1 Å². The summed E-state index contributed by atoms with van der Waals surface area (Å²) < 4.78 is 8.24. The molecular weight excluding hydrogens is 404 g/mol. The highest BCUT2D eigenvalue weighted by Crippen LogP contribution is 2.24. The minimum Gasteiger partial charge on any atom is -0.459 e. The second kappa shape index (κ2) is 7.88. The monoisotopic (exact) mass is 422 g/mol. The summed E-state index contributed by atoms with van der Waals surface area (Å²) in [6.45, 7) is 1.76. The van der Waals surface area contributed by atoms with E-state index in [1.165, 1.54) is 10.9 Å². The molecule has 0 atom stereocenters. The number of carbonyl (C=O) groups is 2. The molecule has 0 aliphatic rings. The maximum atomic E-state index is 12.9. The number of nitrogens with one attached hydrogen (secondary N) is 2. The number of nitrogens with zero attached hydrogens (tertiary/aromatic N) is 2. The summed E-state index contributed by atoms with van der Waals surface area (Å²) in [7, 11) is 1.76. The number of aromatic nitrogens is 2. The molecule has 2 N–H and O–H groups in total. The van der Waals surface area contributed by atoms with Crippen molar-refractivity contribution in [1.29, 1.82) is 0 Å². The van der Waals surface area contributed by atoms with E-state index in [2.05, 4.69) is 10.6 Å². The first-order valence-electron chi connectivity index (χ1n) is 9.06. The van der Waals surface area contributed by atoms with Crippen LogP contribution in [0, 0.1) is 6.92 Å². The van der Waals surface area contributed by atoms with E-state index in [1.54, 1.807) is 42.9 Å². The highest BCUT2D eigenvalue weighted by Gasteiger charge is 2.20. The molecule has 1 aromatic carbocycles. The summed E-state index contributed by atoms with van der Waals surface area (Å²) in [6, 6.07) is 15.6. The molecule has 152 valence electrons. The van der Waals surface area contributed by atoms with Crippen LogP contribution in [0.2, 0.25) is 0 Å². The molecule has 0 fully saturated rings. The number of carbonyl (C=O) groups excluding carboxylic acids is 2. The van der Waals surface area contributed by atoms with Gasteiger partial charge in [0.05, 0.1) is 27.5 Å². The zero-order chi connectivity index (χ0) is 21.3. The minimum absolute atomic E-state index is 0.177. The van der Waals surface area contributed by atoms with Crippen molar-refractivity contribution in [2.24, 2.45) is 7.05 Å². The lowest BCUT2D eigenvalue weighted by Gasteiger charge is -2.07. The average Bonchev–Trinajstić information content (AvgIpc) is 3.47. The van der Waals surface area contributed by atoms with Gasteiger partial charge in [0.2, 0.25) is 0 Å². The lowest BCUT2D eigenvalue weighted by Crippen LogP contribution is -2.22. The third-order valence-corrected chi connectivity index (χ3v) is 5.60. The van der Waals surface area contributed by atoms with Gasteiger partial charge in [-0.05, 0) is 43.3 Å².